The minimum absolute atomic E-state index is 0.0967. The smallest absolute Gasteiger partial charge is 0.269 e. The quantitative estimate of drug-likeness (QED) is 0.185. The Labute approximate surface area is 250 Å². The van der Waals surface area contributed by atoms with E-state index in [4.69, 9.17) is 18.7 Å². The van der Waals surface area contributed by atoms with Gasteiger partial charge in [0, 0.05) is 23.5 Å². The second kappa shape index (κ2) is 13.8. The number of nitrogens with zero attached hydrogens (tertiary/aromatic N) is 2. The van der Waals surface area contributed by atoms with Gasteiger partial charge in [-0.15, -0.1) is 0 Å². The Morgan fingerprint density at radius 2 is 1.88 bits per heavy atom. The van der Waals surface area contributed by atoms with Gasteiger partial charge >= 0.3 is 0 Å². The van der Waals surface area contributed by atoms with Gasteiger partial charge in [0.25, 0.3) is 10.0 Å². The maximum atomic E-state index is 14.5. The first-order chi connectivity index (χ1) is 19.9. The van der Waals surface area contributed by atoms with Crippen LogP contribution in [-0.4, -0.2) is 58.7 Å². The van der Waals surface area contributed by atoms with Gasteiger partial charge < -0.3 is 23.8 Å². The number of ether oxygens (including phenoxy) is 3. The van der Waals surface area contributed by atoms with Crippen molar-refractivity contribution in [2.45, 2.75) is 89.6 Å². The summed E-state index contributed by atoms with van der Waals surface area (Å²) >= 11 is 0. The lowest BCUT2D eigenvalue weighted by atomic mass is 9.96. The Morgan fingerprint density at radius 1 is 1.12 bits per heavy atom. The third kappa shape index (κ3) is 7.50. The highest BCUT2D eigenvalue weighted by Gasteiger charge is 2.34. The predicted molar refractivity (Wildman–Crippen MR) is 165 cm³/mol. The third-order valence-electron chi connectivity index (χ3n) is 7.93. The summed E-state index contributed by atoms with van der Waals surface area (Å²) in [7, 11) is -5.88. The normalized spacial score (nSPS) is 16.9. The highest BCUT2D eigenvalue weighted by Crippen LogP contribution is 2.36. The summed E-state index contributed by atoms with van der Waals surface area (Å²) in [5.74, 6) is 0.141. The molecule has 11 heteroatoms. The average molecular weight is 617 g/mol. The molecule has 2 heterocycles. The van der Waals surface area contributed by atoms with Crippen molar-refractivity contribution in [3.05, 3.63) is 64.8 Å². The van der Waals surface area contributed by atoms with E-state index in [1.54, 1.807) is 32.0 Å². The second-order valence-corrected chi connectivity index (χ2v) is 19.3. The molecule has 0 spiro atoms. The van der Waals surface area contributed by atoms with Crippen LogP contribution >= 0.6 is 0 Å². The molecule has 3 aromatic rings. The van der Waals surface area contributed by atoms with E-state index in [1.165, 1.54) is 4.31 Å². The van der Waals surface area contributed by atoms with Gasteiger partial charge in [0.2, 0.25) is 5.88 Å². The van der Waals surface area contributed by atoms with E-state index in [1.807, 2.05) is 31.2 Å². The van der Waals surface area contributed by atoms with E-state index in [2.05, 4.69) is 24.8 Å². The molecule has 0 aliphatic carbocycles. The molecule has 1 aliphatic heterocycles. The maximum Gasteiger partial charge on any atom is 0.269 e. The van der Waals surface area contributed by atoms with Gasteiger partial charge in [0.1, 0.15) is 6.73 Å². The Bertz CT molecular complexity index is 1450. The molecule has 1 fully saturated rings. The van der Waals surface area contributed by atoms with Crippen LogP contribution in [0.2, 0.25) is 19.6 Å². The van der Waals surface area contributed by atoms with Gasteiger partial charge in [-0.25, -0.2) is 12.7 Å². The molecule has 0 amide bonds. The molecular formula is C31H44N2O7SSi. The summed E-state index contributed by atoms with van der Waals surface area (Å²) in [6.07, 6.45) is 3.27. The summed E-state index contributed by atoms with van der Waals surface area (Å²) in [6, 6.07) is 12.5. The van der Waals surface area contributed by atoms with Crippen LogP contribution in [0.3, 0.4) is 0 Å². The SMILES string of the molecule is Cc1noc(N(COC(C)[Si](C)(C)C)S(=O)(=O)c2ccccc2-c2ccc(CO)cc2CCOC2CCCCO2)c1C. The topological polar surface area (TPSA) is 111 Å². The molecule has 0 radical (unpaired) electrons. The van der Waals surface area contributed by atoms with Crippen molar-refractivity contribution in [3.63, 3.8) is 0 Å². The van der Waals surface area contributed by atoms with E-state index >= 15 is 0 Å². The molecule has 42 heavy (non-hydrogen) atoms. The zero-order valence-corrected chi connectivity index (χ0v) is 27.4. The largest absolute Gasteiger partial charge is 0.392 e. The van der Waals surface area contributed by atoms with Gasteiger partial charge in [-0.1, -0.05) is 61.2 Å². The molecule has 0 saturated carbocycles. The number of hydrogen-bond acceptors (Lipinski definition) is 8. The molecule has 0 bridgehead atoms. The van der Waals surface area contributed by atoms with Crippen molar-refractivity contribution in [1.29, 1.82) is 0 Å². The van der Waals surface area contributed by atoms with Crippen LogP contribution in [0.5, 0.6) is 0 Å². The molecule has 1 N–H and O–H groups in total. The monoisotopic (exact) mass is 616 g/mol. The number of aliphatic hydroxyl groups is 1. The van der Waals surface area contributed by atoms with Crippen molar-refractivity contribution < 1.29 is 32.3 Å². The number of aromatic nitrogens is 1. The Balaban J connectivity index is 1.72. The van der Waals surface area contributed by atoms with Crippen molar-refractivity contribution in [2.75, 3.05) is 24.2 Å². The number of hydrogen-bond donors (Lipinski definition) is 1. The molecule has 1 aromatic heterocycles. The number of rotatable bonds is 13. The minimum atomic E-state index is -4.16. The fourth-order valence-corrected chi connectivity index (χ4v) is 6.80. The van der Waals surface area contributed by atoms with Crippen LogP contribution < -0.4 is 4.31 Å². The zero-order chi connectivity index (χ0) is 30.5. The summed E-state index contributed by atoms with van der Waals surface area (Å²) < 4.78 is 53.6. The van der Waals surface area contributed by atoms with Crippen LogP contribution in [-0.2, 0) is 37.3 Å². The van der Waals surface area contributed by atoms with Gasteiger partial charge in [0.05, 0.1) is 31.9 Å². The first kappa shape index (κ1) is 32.4. The molecule has 2 unspecified atom stereocenters. The minimum Gasteiger partial charge on any atom is -0.392 e. The number of sulfonamides is 1. The summed E-state index contributed by atoms with van der Waals surface area (Å²) in [5.41, 5.74) is 4.06. The van der Waals surface area contributed by atoms with E-state index in [0.717, 1.165) is 36.0 Å². The number of aliphatic hydroxyl groups excluding tert-OH is 1. The molecule has 2 aromatic carbocycles. The standard InChI is InChI=1S/C31H44N2O7SSi/c1-22-23(2)32-40-31(22)33(21-39-24(3)42(4,5)6)41(35,36)29-12-8-7-11-28(29)27-15-14-25(20-34)19-26(27)16-18-38-30-13-9-10-17-37-30/h7-8,11-12,14-15,19,24,30,34H,9-10,13,16-18,20-21H2,1-6H3. The molecule has 1 saturated heterocycles. The van der Waals surface area contributed by atoms with Crippen molar-refractivity contribution in [1.82, 2.24) is 5.16 Å². The van der Waals surface area contributed by atoms with E-state index in [9.17, 15) is 13.5 Å². The van der Waals surface area contributed by atoms with Gasteiger partial charge in [-0.2, -0.15) is 0 Å². The van der Waals surface area contributed by atoms with Crippen molar-refractivity contribution >= 4 is 24.0 Å². The second-order valence-electron chi connectivity index (χ2n) is 11.9. The maximum absolute atomic E-state index is 14.5. The van der Waals surface area contributed by atoms with Crippen LogP contribution in [0.1, 0.15) is 48.6 Å². The Kier molecular flexibility index (Phi) is 10.7. The lowest BCUT2D eigenvalue weighted by Crippen LogP contribution is -2.42. The van der Waals surface area contributed by atoms with Gasteiger partial charge in [-0.3, -0.25) is 0 Å². The fourth-order valence-electron chi connectivity index (χ4n) is 4.69. The summed E-state index contributed by atoms with van der Waals surface area (Å²) in [4.78, 5) is 0.122. The zero-order valence-electron chi connectivity index (χ0n) is 25.6. The van der Waals surface area contributed by atoms with Crippen LogP contribution in [0.25, 0.3) is 11.1 Å². The lowest BCUT2D eigenvalue weighted by Gasteiger charge is -2.29. The first-order valence-electron chi connectivity index (χ1n) is 14.6. The Hall–Kier alpha value is -2.54. The summed E-state index contributed by atoms with van der Waals surface area (Å²) in [6.45, 7) is 12.9. The highest BCUT2D eigenvalue weighted by atomic mass is 32.2. The van der Waals surface area contributed by atoms with Gasteiger partial charge in [0.15, 0.2) is 6.29 Å². The fraction of sp³-hybridized carbons (Fsp3) is 0.516. The first-order valence-corrected chi connectivity index (χ1v) is 19.6. The van der Waals surface area contributed by atoms with Crippen LogP contribution in [0.4, 0.5) is 5.88 Å². The molecular weight excluding hydrogens is 573 g/mol. The third-order valence-corrected chi connectivity index (χ3v) is 12.3. The summed E-state index contributed by atoms with van der Waals surface area (Å²) in [5, 5.41) is 13.9. The average Bonchev–Trinajstić information content (AvgIpc) is 3.30. The Morgan fingerprint density at radius 3 is 2.52 bits per heavy atom. The van der Waals surface area contributed by atoms with Crippen molar-refractivity contribution in [3.8, 4) is 11.1 Å². The molecule has 9 nitrogen and oxygen atoms in total. The van der Waals surface area contributed by atoms with E-state index in [0.29, 0.717) is 36.5 Å². The molecule has 230 valence electrons. The van der Waals surface area contributed by atoms with E-state index in [-0.39, 0.29) is 36.1 Å². The number of aryl methyl sites for hydroxylation is 1. The molecule has 2 atom stereocenters. The highest BCUT2D eigenvalue weighted by molar-refractivity contribution is 7.93. The lowest BCUT2D eigenvalue weighted by molar-refractivity contribution is -0.161. The molecule has 4 rings (SSSR count). The van der Waals surface area contributed by atoms with Crippen molar-refractivity contribution in [2.24, 2.45) is 0 Å². The number of anilines is 1. The van der Waals surface area contributed by atoms with Crippen LogP contribution in [0, 0.1) is 13.8 Å². The van der Waals surface area contributed by atoms with Crippen LogP contribution in [0.15, 0.2) is 51.9 Å². The molecule has 1 aliphatic rings. The number of benzene rings is 2. The predicted octanol–water partition coefficient (Wildman–Crippen LogP) is 5.97. The van der Waals surface area contributed by atoms with E-state index < -0.39 is 18.1 Å². The van der Waals surface area contributed by atoms with Gasteiger partial charge in [-0.05, 0) is 69.2 Å².